The van der Waals surface area contributed by atoms with Crippen LogP contribution in [0.5, 0.6) is 11.6 Å². The summed E-state index contributed by atoms with van der Waals surface area (Å²) in [5.41, 5.74) is 3.00. The first-order chi connectivity index (χ1) is 12.4. The van der Waals surface area contributed by atoms with Crippen LogP contribution >= 0.6 is 11.6 Å². The minimum atomic E-state index is -2.96. The third-order valence-electron chi connectivity index (χ3n) is 3.63. The van der Waals surface area contributed by atoms with E-state index in [9.17, 15) is 8.78 Å². The van der Waals surface area contributed by atoms with Gasteiger partial charge in [-0.3, -0.25) is 0 Å². The number of aryl methyl sites for hydroxylation is 2. The molecule has 0 radical (unpaired) electrons. The van der Waals surface area contributed by atoms with Gasteiger partial charge in [0.1, 0.15) is 18.1 Å². The Morgan fingerprint density at radius 3 is 2.73 bits per heavy atom. The second-order valence-corrected chi connectivity index (χ2v) is 5.90. The molecule has 0 aliphatic rings. The molecular weight excluding hydrogens is 366 g/mol. The van der Waals surface area contributed by atoms with Gasteiger partial charge in [-0.25, -0.2) is 9.67 Å². The summed E-state index contributed by atoms with van der Waals surface area (Å²) >= 11 is 5.84. The minimum absolute atomic E-state index is 0.0820. The largest absolute Gasteiger partial charge is 0.471 e. The van der Waals surface area contributed by atoms with E-state index in [1.807, 2.05) is 19.9 Å². The van der Waals surface area contributed by atoms with E-state index in [4.69, 9.17) is 16.3 Å². The van der Waals surface area contributed by atoms with Gasteiger partial charge in [0.2, 0.25) is 5.88 Å². The molecule has 9 heteroatoms. The molecule has 1 aromatic carbocycles. The van der Waals surface area contributed by atoms with Crippen LogP contribution in [0.4, 0.5) is 8.78 Å². The molecule has 6 nitrogen and oxygen atoms in total. The summed E-state index contributed by atoms with van der Waals surface area (Å²) in [7, 11) is 0. The Morgan fingerprint density at radius 2 is 2.00 bits per heavy atom. The number of hydrogen-bond donors (Lipinski definition) is 0. The molecule has 26 heavy (non-hydrogen) atoms. The van der Waals surface area contributed by atoms with Crippen molar-refractivity contribution in [1.29, 1.82) is 0 Å². The maximum Gasteiger partial charge on any atom is 0.387 e. The average Bonchev–Trinajstić information content (AvgIpc) is 3.06. The zero-order valence-electron chi connectivity index (χ0n) is 14.0. The molecular formula is C17H15ClF2N4O2. The number of pyridine rings is 1. The van der Waals surface area contributed by atoms with Crippen molar-refractivity contribution in [3.8, 4) is 17.3 Å². The lowest BCUT2D eigenvalue weighted by molar-refractivity contribution is -0.0497. The second kappa shape index (κ2) is 7.65. The third-order valence-corrected chi connectivity index (χ3v) is 3.94. The number of nitrogens with zero attached hydrogens (tertiary/aromatic N) is 4. The summed E-state index contributed by atoms with van der Waals surface area (Å²) in [6, 6.07) is 8.13. The fourth-order valence-electron chi connectivity index (χ4n) is 2.15. The van der Waals surface area contributed by atoms with Gasteiger partial charge in [0, 0.05) is 17.8 Å². The van der Waals surface area contributed by atoms with E-state index in [0.717, 1.165) is 11.3 Å². The SMILES string of the molecule is Cc1ccc(OCc2cn(-c3ccc(Cl)c(OC(F)F)c3)nn2)nc1C. The van der Waals surface area contributed by atoms with Crippen LogP contribution in [0.1, 0.15) is 17.0 Å². The van der Waals surface area contributed by atoms with Crippen LogP contribution in [-0.2, 0) is 6.61 Å². The van der Waals surface area contributed by atoms with Crippen LogP contribution in [0.25, 0.3) is 5.69 Å². The van der Waals surface area contributed by atoms with Crippen molar-refractivity contribution in [2.75, 3.05) is 0 Å². The number of benzene rings is 1. The molecule has 0 aliphatic carbocycles. The Hall–Kier alpha value is -2.74. The first kappa shape index (κ1) is 18.1. The highest BCUT2D eigenvalue weighted by molar-refractivity contribution is 6.32. The van der Waals surface area contributed by atoms with E-state index < -0.39 is 6.61 Å². The zero-order chi connectivity index (χ0) is 18.7. The van der Waals surface area contributed by atoms with Gasteiger partial charge >= 0.3 is 6.61 Å². The fourth-order valence-corrected chi connectivity index (χ4v) is 2.31. The lowest BCUT2D eigenvalue weighted by atomic mass is 10.2. The Bertz CT molecular complexity index is 918. The summed E-state index contributed by atoms with van der Waals surface area (Å²) in [5.74, 6) is 0.355. The average molecular weight is 381 g/mol. The Morgan fingerprint density at radius 1 is 1.19 bits per heavy atom. The van der Waals surface area contributed by atoms with E-state index in [2.05, 4.69) is 20.0 Å². The molecule has 0 fully saturated rings. The van der Waals surface area contributed by atoms with Crippen LogP contribution in [-0.4, -0.2) is 26.6 Å². The first-order valence-electron chi connectivity index (χ1n) is 7.65. The quantitative estimate of drug-likeness (QED) is 0.644. The van der Waals surface area contributed by atoms with E-state index in [0.29, 0.717) is 17.3 Å². The van der Waals surface area contributed by atoms with Crippen LogP contribution in [0, 0.1) is 13.8 Å². The number of alkyl halides is 2. The molecule has 0 saturated heterocycles. The molecule has 0 amide bonds. The van der Waals surface area contributed by atoms with Crippen molar-refractivity contribution >= 4 is 11.6 Å². The molecule has 3 aromatic rings. The predicted octanol–water partition coefficient (Wildman–Crippen LogP) is 4.11. The summed E-state index contributed by atoms with van der Waals surface area (Å²) in [6.45, 7) is 1.07. The standard InChI is InChI=1S/C17H15ClF2N4O2/c1-10-3-6-16(21-11(10)2)25-9-12-8-24(23-22-12)13-4-5-14(18)15(7-13)26-17(19)20/h3-8,17H,9H2,1-2H3. The molecule has 0 spiro atoms. The van der Waals surface area contributed by atoms with Crippen molar-refractivity contribution in [2.24, 2.45) is 0 Å². The fraction of sp³-hybridized carbons (Fsp3) is 0.235. The number of rotatable bonds is 6. The van der Waals surface area contributed by atoms with Crippen molar-refractivity contribution in [1.82, 2.24) is 20.0 Å². The maximum atomic E-state index is 12.4. The lowest BCUT2D eigenvalue weighted by Gasteiger charge is -2.08. The monoisotopic (exact) mass is 380 g/mol. The van der Waals surface area contributed by atoms with Crippen molar-refractivity contribution in [3.05, 3.63) is 58.5 Å². The van der Waals surface area contributed by atoms with Crippen LogP contribution < -0.4 is 9.47 Å². The third kappa shape index (κ3) is 4.26. The van der Waals surface area contributed by atoms with Gasteiger partial charge in [-0.15, -0.1) is 5.10 Å². The van der Waals surface area contributed by atoms with Gasteiger partial charge in [0.05, 0.1) is 16.9 Å². The minimum Gasteiger partial charge on any atom is -0.471 e. The molecule has 0 saturated carbocycles. The molecule has 0 atom stereocenters. The van der Waals surface area contributed by atoms with E-state index in [1.165, 1.54) is 16.8 Å². The van der Waals surface area contributed by atoms with E-state index >= 15 is 0 Å². The highest BCUT2D eigenvalue weighted by Crippen LogP contribution is 2.28. The second-order valence-electron chi connectivity index (χ2n) is 5.49. The molecule has 0 aliphatic heterocycles. The molecule has 2 aromatic heterocycles. The van der Waals surface area contributed by atoms with Crippen molar-refractivity contribution < 1.29 is 18.3 Å². The Labute approximate surface area is 153 Å². The summed E-state index contributed by atoms with van der Waals surface area (Å²) in [4.78, 5) is 4.32. The van der Waals surface area contributed by atoms with Crippen molar-refractivity contribution in [2.45, 2.75) is 27.1 Å². The number of aromatic nitrogens is 4. The van der Waals surface area contributed by atoms with Gasteiger partial charge < -0.3 is 9.47 Å². The highest BCUT2D eigenvalue weighted by Gasteiger charge is 2.11. The van der Waals surface area contributed by atoms with Gasteiger partial charge in [0.15, 0.2) is 0 Å². The maximum absolute atomic E-state index is 12.4. The number of halogens is 3. The summed E-state index contributed by atoms with van der Waals surface area (Å²) < 4.78 is 36.2. The normalized spacial score (nSPS) is 11.0. The molecule has 0 unspecified atom stereocenters. The summed E-state index contributed by atoms with van der Waals surface area (Å²) in [6.07, 6.45) is 1.62. The predicted molar refractivity (Wildman–Crippen MR) is 91.0 cm³/mol. The molecule has 2 heterocycles. The molecule has 0 bridgehead atoms. The van der Waals surface area contributed by atoms with Gasteiger partial charge in [-0.1, -0.05) is 22.9 Å². The Kier molecular flexibility index (Phi) is 5.32. The summed E-state index contributed by atoms with van der Waals surface area (Å²) in [5, 5.41) is 8.04. The van der Waals surface area contributed by atoms with E-state index in [1.54, 1.807) is 18.3 Å². The van der Waals surface area contributed by atoms with Crippen LogP contribution in [0.15, 0.2) is 36.5 Å². The van der Waals surface area contributed by atoms with Crippen LogP contribution in [0.2, 0.25) is 5.02 Å². The zero-order valence-corrected chi connectivity index (χ0v) is 14.7. The molecule has 0 N–H and O–H groups in total. The lowest BCUT2D eigenvalue weighted by Crippen LogP contribution is -2.03. The smallest absolute Gasteiger partial charge is 0.387 e. The van der Waals surface area contributed by atoms with Crippen molar-refractivity contribution in [3.63, 3.8) is 0 Å². The molecule has 3 rings (SSSR count). The first-order valence-corrected chi connectivity index (χ1v) is 8.03. The number of ether oxygens (including phenoxy) is 2. The van der Waals surface area contributed by atoms with Gasteiger partial charge in [-0.05, 0) is 31.5 Å². The molecule has 136 valence electrons. The Balaban J connectivity index is 1.72. The van der Waals surface area contributed by atoms with Gasteiger partial charge in [0.25, 0.3) is 0 Å². The number of hydrogen-bond acceptors (Lipinski definition) is 5. The highest BCUT2D eigenvalue weighted by atomic mass is 35.5. The van der Waals surface area contributed by atoms with Gasteiger partial charge in [-0.2, -0.15) is 8.78 Å². The topological polar surface area (TPSA) is 62.1 Å². The van der Waals surface area contributed by atoms with Crippen LogP contribution in [0.3, 0.4) is 0 Å². The van der Waals surface area contributed by atoms with E-state index in [-0.39, 0.29) is 17.4 Å².